The minimum atomic E-state index is -1.19. The molecular formula is C12H12INO3. The van der Waals surface area contributed by atoms with Crippen molar-refractivity contribution in [3.8, 4) is 0 Å². The lowest BCUT2D eigenvalue weighted by Gasteiger charge is -2.12. The number of halogens is 1. The summed E-state index contributed by atoms with van der Waals surface area (Å²) in [6.07, 6.45) is 0.856. The highest BCUT2D eigenvalue weighted by molar-refractivity contribution is 14.1. The number of carbonyl (C=O) groups is 2. The Hall–Kier alpha value is -1.11. The van der Waals surface area contributed by atoms with Crippen LogP contribution in [0.2, 0.25) is 0 Å². The van der Waals surface area contributed by atoms with Crippen molar-refractivity contribution < 1.29 is 14.7 Å². The van der Waals surface area contributed by atoms with E-state index in [1.165, 1.54) is 0 Å². The summed E-state index contributed by atoms with van der Waals surface area (Å²) >= 11 is 2.19. The summed E-state index contributed by atoms with van der Waals surface area (Å²) in [6, 6.07) is 5.62. The van der Waals surface area contributed by atoms with Gasteiger partial charge in [-0.05, 0) is 66.1 Å². The molecule has 1 aromatic rings. The number of benzene rings is 1. The van der Waals surface area contributed by atoms with Gasteiger partial charge in [0, 0.05) is 9.26 Å². The van der Waals surface area contributed by atoms with Crippen LogP contribution in [0.4, 0.5) is 5.69 Å². The molecule has 1 saturated carbocycles. The molecule has 0 heterocycles. The first-order valence-corrected chi connectivity index (χ1v) is 6.34. The van der Waals surface area contributed by atoms with E-state index in [9.17, 15) is 9.59 Å². The number of nitrogens with one attached hydrogen (secondary N) is 1. The molecule has 1 aromatic carbocycles. The van der Waals surface area contributed by atoms with Crippen LogP contribution in [0.3, 0.4) is 0 Å². The van der Waals surface area contributed by atoms with Gasteiger partial charge in [0.25, 0.3) is 0 Å². The smallest absolute Gasteiger partial charge is 0.319 e. The van der Waals surface area contributed by atoms with E-state index in [4.69, 9.17) is 5.11 Å². The lowest BCUT2D eigenvalue weighted by Crippen LogP contribution is -2.31. The summed E-state index contributed by atoms with van der Waals surface area (Å²) in [4.78, 5) is 22.9. The molecule has 5 heteroatoms. The van der Waals surface area contributed by atoms with Gasteiger partial charge in [-0.3, -0.25) is 9.59 Å². The van der Waals surface area contributed by atoms with E-state index in [-0.39, 0.29) is 0 Å². The van der Waals surface area contributed by atoms with Crippen LogP contribution >= 0.6 is 22.6 Å². The van der Waals surface area contributed by atoms with E-state index >= 15 is 0 Å². The van der Waals surface area contributed by atoms with Gasteiger partial charge in [-0.25, -0.2) is 0 Å². The molecule has 0 unspecified atom stereocenters. The van der Waals surface area contributed by atoms with Crippen molar-refractivity contribution in [2.75, 3.05) is 5.32 Å². The molecule has 2 N–H and O–H groups in total. The van der Waals surface area contributed by atoms with Crippen LogP contribution in [0.5, 0.6) is 0 Å². The van der Waals surface area contributed by atoms with Gasteiger partial charge in [0.2, 0.25) is 5.91 Å². The molecule has 0 aromatic heterocycles. The predicted octanol–water partition coefficient (Wildman–Crippen LogP) is 2.40. The van der Waals surface area contributed by atoms with Gasteiger partial charge in [0.1, 0.15) is 5.41 Å². The average molecular weight is 345 g/mol. The third-order valence-corrected chi connectivity index (χ3v) is 3.70. The van der Waals surface area contributed by atoms with E-state index in [2.05, 4.69) is 27.9 Å². The number of hydrogen-bond donors (Lipinski definition) is 2. The molecule has 90 valence electrons. The number of carboxylic acids is 1. The topological polar surface area (TPSA) is 66.4 Å². The van der Waals surface area contributed by atoms with Crippen molar-refractivity contribution in [2.24, 2.45) is 5.41 Å². The first-order chi connectivity index (χ1) is 7.95. The molecule has 2 rings (SSSR count). The Morgan fingerprint density at radius 3 is 2.53 bits per heavy atom. The lowest BCUT2D eigenvalue weighted by molar-refractivity contribution is -0.147. The molecule has 0 bridgehead atoms. The molecule has 0 aliphatic heterocycles. The second kappa shape index (κ2) is 4.29. The Morgan fingerprint density at radius 1 is 1.41 bits per heavy atom. The van der Waals surface area contributed by atoms with Crippen LogP contribution in [0.15, 0.2) is 18.2 Å². The number of hydrogen-bond acceptors (Lipinski definition) is 2. The summed E-state index contributed by atoms with van der Waals surface area (Å²) < 4.78 is 1.08. The highest BCUT2D eigenvalue weighted by Gasteiger charge is 2.57. The lowest BCUT2D eigenvalue weighted by atomic mass is 10.1. The molecular weight excluding hydrogens is 333 g/mol. The van der Waals surface area contributed by atoms with Gasteiger partial charge >= 0.3 is 5.97 Å². The van der Waals surface area contributed by atoms with Crippen LogP contribution in [0, 0.1) is 15.9 Å². The van der Waals surface area contributed by atoms with Crippen LogP contribution in [-0.4, -0.2) is 17.0 Å². The minimum Gasteiger partial charge on any atom is -0.480 e. The van der Waals surface area contributed by atoms with Crippen LogP contribution in [0.1, 0.15) is 18.4 Å². The first kappa shape index (κ1) is 12.3. The molecule has 0 spiro atoms. The number of rotatable bonds is 3. The van der Waals surface area contributed by atoms with Gasteiger partial charge in [0.15, 0.2) is 0 Å². The highest BCUT2D eigenvalue weighted by atomic mass is 127. The van der Waals surface area contributed by atoms with Gasteiger partial charge in [0.05, 0.1) is 0 Å². The molecule has 1 aliphatic rings. The van der Waals surface area contributed by atoms with Crippen molar-refractivity contribution in [3.63, 3.8) is 0 Å². The van der Waals surface area contributed by atoms with Gasteiger partial charge in [-0.2, -0.15) is 0 Å². The van der Waals surface area contributed by atoms with Gasteiger partial charge in [-0.1, -0.05) is 0 Å². The van der Waals surface area contributed by atoms with Crippen molar-refractivity contribution in [3.05, 3.63) is 27.3 Å². The summed E-state index contributed by atoms with van der Waals surface area (Å²) in [6.45, 7) is 1.89. The fourth-order valence-corrected chi connectivity index (χ4v) is 2.32. The second-order valence-corrected chi connectivity index (χ2v) is 5.55. The maximum Gasteiger partial charge on any atom is 0.319 e. The highest BCUT2D eigenvalue weighted by Crippen LogP contribution is 2.46. The number of amides is 1. The van der Waals surface area contributed by atoms with E-state index in [0.29, 0.717) is 18.5 Å². The molecule has 1 aliphatic carbocycles. The van der Waals surface area contributed by atoms with Crippen LogP contribution in [-0.2, 0) is 9.59 Å². The summed E-state index contributed by atoms with van der Waals surface area (Å²) in [5.41, 5.74) is 0.435. The predicted molar refractivity (Wildman–Crippen MR) is 71.8 cm³/mol. The Balaban J connectivity index is 2.17. The quantitative estimate of drug-likeness (QED) is 0.653. The van der Waals surface area contributed by atoms with Gasteiger partial charge in [-0.15, -0.1) is 0 Å². The number of aliphatic carboxylic acids is 1. The molecule has 17 heavy (non-hydrogen) atoms. The molecule has 0 radical (unpaired) electrons. The molecule has 0 saturated heterocycles. The minimum absolute atomic E-state index is 0.408. The summed E-state index contributed by atoms with van der Waals surface area (Å²) in [7, 11) is 0. The summed E-state index contributed by atoms with van der Waals surface area (Å²) in [5, 5.41) is 11.7. The first-order valence-electron chi connectivity index (χ1n) is 5.27. The van der Waals surface area contributed by atoms with Crippen molar-refractivity contribution >= 4 is 40.2 Å². The van der Waals surface area contributed by atoms with Gasteiger partial charge < -0.3 is 10.4 Å². The Bertz CT molecular complexity index is 495. The molecule has 0 atom stereocenters. The van der Waals surface area contributed by atoms with E-state index in [0.717, 1.165) is 9.13 Å². The number of carboxylic acid groups (broad SMARTS) is 1. The summed E-state index contributed by atoms with van der Waals surface area (Å²) in [5.74, 6) is -1.44. The number of carbonyl (C=O) groups excluding carboxylic acids is 1. The van der Waals surface area contributed by atoms with Crippen molar-refractivity contribution in [2.45, 2.75) is 19.8 Å². The third kappa shape index (κ3) is 2.29. The maximum absolute atomic E-state index is 11.9. The Kier molecular flexibility index (Phi) is 3.11. The zero-order valence-electron chi connectivity index (χ0n) is 9.29. The van der Waals surface area contributed by atoms with E-state index < -0.39 is 17.3 Å². The molecule has 4 nitrogen and oxygen atoms in total. The zero-order valence-corrected chi connectivity index (χ0v) is 11.4. The van der Waals surface area contributed by atoms with Crippen molar-refractivity contribution in [1.82, 2.24) is 0 Å². The molecule has 1 amide bonds. The average Bonchev–Trinajstić information content (AvgIpc) is 3.02. The largest absolute Gasteiger partial charge is 0.480 e. The van der Waals surface area contributed by atoms with E-state index in [1.807, 2.05) is 19.1 Å². The fraction of sp³-hybridized carbons (Fsp3) is 0.333. The molecule has 1 fully saturated rings. The zero-order chi connectivity index (χ0) is 12.6. The Morgan fingerprint density at radius 2 is 2.06 bits per heavy atom. The van der Waals surface area contributed by atoms with E-state index in [1.54, 1.807) is 6.07 Å². The second-order valence-electron chi connectivity index (χ2n) is 4.30. The van der Waals surface area contributed by atoms with Crippen molar-refractivity contribution in [1.29, 1.82) is 0 Å². The SMILES string of the molecule is Cc1cc(I)ccc1NC(=O)C1(C(=O)O)CC1. The standard InChI is InChI=1S/C12H12INO3/c1-7-6-8(13)2-3-9(7)14-10(15)12(4-5-12)11(16)17/h2-3,6H,4-5H2,1H3,(H,14,15)(H,16,17). The van der Waals surface area contributed by atoms with Crippen LogP contribution < -0.4 is 5.32 Å². The monoisotopic (exact) mass is 345 g/mol. The maximum atomic E-state index is 11.9. The third-order valence-electron chi connectivity index (χ3n) is 3.03. The van der Waals surface area contributed by atoms with Crippen LogP contribution in [0.25, 0.3) is 0 Å². The number of anilines is 1. The normalized spacial score (nSPS) is 16.4. The Labute approximate surface area is 113 Å². The number of aryl methyl sites for hydroxylation is 1. The fourth-order valence-electron chi connectivity index (χ4n) is 1.67.